The van der Waals surface area contributed by atoms with Crippen LogP contribution in [-0.2, 0) is 4.79 Å². The molecule has 0 heterocycles. The number of hydrogen-bond donors (Lipinski definition) is 1. The molecule has 1 aliphatic carbocycles. The molecule has 0 aliphatic heterocycles. The van der Waals surface area contributed by atoms with Gasteiger partial charge in [-0.05, 0) is 31.6 Å². The van der Waals surface area contributed by atoms with Crippen molar-refractivity contribution in [2.45, 2.75) is 65.3 Å². The van der Waals surface area contributed by atoms with Crippen molar-refractivity contribution in [1.82, 2.24) is 5.32 Å². The predicted octanol–water partition coefficient (Wildman–Crippen LogP) is 3.01. The minimum Gasteiger partial charge on any atom is -0.352 e. The van der Waals surface area contributed by atoms with Gasteiger partial charge in [-0.1, -0.05) is 33.6 Å². The van der Waals surface area contributed by atoms with E-state index in [0.717, 1.165) is 12.8 Å². The van der Waals surface area contributed by atoms with Crippen LogP contribution < -0.4 is 5.32 Å². The summed E-state index contributed by atoms with van der Waals surface area (Å²) in [6, 6.07) is 2.48. The van der Waals surface area contributed by atoms with E-state index in [0.29, 0.717) is 18.8 Å². The van der Waals surface area contributed by atoms with Crippen molar-refractivity contribution in [2.75, 3.05) is 0 Å². The minimum absolute atomic E-state index is 0.0656. The summed E-state index contributed by atoms with van der Waals surface area (Å²) in [5.74, 6) is 0.623. The second kappa shape index (κ2) is 6.05. The maximum atomic E-state index is 12.2. The zero-order chi connectivity index (χ0) is 12.9. The van der Waals surface area contributed by atoms with Crippen molar-refractivity contribution in [3.05, 3.63) is 0 Å². The van der Waals surface area contributed by atoms with Gasteiger partial charge in [0.25, 0.3) is 0 Å². The monoisotopic (exact) mass is 236 g/mol. The van der Waals surface area contributed by atoms with E-state index in [4.69, 9.17) is 0 Å². The fraction of sp³-hybridized carbons (Fsp3) is 0.857. The average Bonchev–Trinajstić information content (AvgIpc) is 2.32. The third-order valence-electron chi connectivity index (χ3n) is 4.13. The van der Waals surface area contributed by atoms with Crippen LogP contribution in [0, 0.1) is 22.7 Å². The third kappa shape index (κ3) is 3.21. The van der Waals surface area contributed by atoms with Crippen molar-refractivity contribution >= 4 is 5.91 Å². The fourth-order valence-corrected chi connectivity index (χ4v) is 2.67. The summed E-state index contributed by atoms with van der Waals surface area (Å²) in [5.41, 5.74) is -0.819. The molecule has 3 nitrogen and oxygen atoms in total. The van der Waals surface area contributed by atoms with E-state index < -0.39 is 5.41 Å². The van der Waals surface area contributed by atoms with Crippen molar-refractivity contribution in [3.63, 3.8) is 0 Å². The van der Waals surface area contributed by atoms with Gasteiger partial charge in [0.2, 0.25) is 5.91 Å². The lowest BCUT2D eigenvalue weighted by molar-refractivity contribution is -0.129. The van der Waals surface area contributed by atoms with Crippen LogP contribution in [0.3, 0.4) is 0 Å². The number of hydrogen-bond acceptors (Lipinski definition) is 2. The Morgan fingerprint density at radius 1 is 1.41 bits per heavy atom. The number of carbonyl (C=O) groups is 1. The summed E-state index contributed by atoms with van der Waals surface area (Å²) >= 11 is 0. The molecule has 0 aromatic carbocycles. The van der Waals surface area contributed by atoms with Gasteiger partial charge in [0.15, 0.2) is 0 Å². The average molecular weight is 236 g/mol. The van der Waals surface area contributed by atoms with E-state index in [-0.39, 0.29) is 11.9 Å². The summed E-state index contributed by atoms with van der Waals surface area (Å²) < 4.78 is 0. The van der Waals surface area contributed by atoms with E-state index in [1.165, 1.54) is 12.8 Å². The first kappa shape index (κ1) is 14.0. The molecule has 1 saturated carbocycles. The van der Waals surface area contributed by atoms with E-state index in [9.17, 15) is 10.1 Å². The number of nitrogens with zero attached hydrogens (tertiary/aromatic N) is 1. The third-order valence-corrected chi connectivity index (χ3v) is 4.13. The van der Waals surface area contributed by atoms with E-state index in [1.54, 1.807) is 0 Å². The van der Waals surface area contributed by atoms with E-state index >= 15 is 0 Å². The Morgan fingerprint density at radius 3 is 2.53 bits per heavy atom. The summed E-state index contributed by atoms with van der Waals surface area (Å²) in [5, 5.41) is 12.3. The molecule has 0 aromatic rings. The molecule has 96 valence electrons. The molecule has 2 unspecified atom stereocenters. The van der Waals surface area contributed by atoms with Gasteiger partial charge in [-0.15, -0.1) is 0 Å². The number of nitriles is 1. The van der Waals surface area contributed by atoms with E-state index in [2.05, 4.69) is 18.3 Å². The lowest BCUT2D eigenvalue weighted by atomic mass is 9.81. The highest BCUT2D eigenvalue weighted by Crippen LogP contribution is 2.28. The van der Waals surface area contributed by atoms with Gasteiger partial charge in [0, 0.05) is 6.04 Å². The van der Waals surface area contributed by atoms with Crippen molar-refractivity contribution in [1.29, 1.82) is 5.26 Å². The molecule has 0 aromatic heterocycles. The number of rotatable bonds is 4. The van der Waals surface area contributed by atoms with Gasteiger partial charge < -0.3 is 5.32 Å². The summed E-state index contributed by atoms with van der Waals surface area (Å²) in [6.07, 6.45) is 5.75. The lowest BCUT2D eigenvalue weighted by Gasteiger charge is -2.31. The van der Waals surface area contributed by atoms with Crippen LogP contribution >= 0.6 is 0 Å². The Kier molecular flexibility index (Phi) is 4.99. The molecular formula is C14H24N2O. The van der Waals surface area contributed by atoms with Crippen LogP contribution in [0.2, 0.25) is 0 Å². The molecule has 17 heavy (non-hydrogen) atoms. The fourth-order valence-electron chi connectivity index (χ4n) is 2.67. The minimum atomic E-state index is -0.819. The van der Waals surface area contributed by atoms with E-state index in [1.807, 2.05) is 13.8 Å². The molecule has 0 saturated heterocycles. The summed E-state index contributed by atoms with van der Waals surface area (Å²) in [7, 11) is 0. The first-order chi connectivity index (χ1) is 8.07. The quantitative estimate of drug-likeness (QED) is 0.815. The Balaban J connectivity index is 2.61. The van der Waals surface area contributed by atoms with Gasteiger partial charge in [-0.25, -0.2) is 0 Å². The molecule has 1 rings (SSSR count). The van der Waals surface area contributed by atoms with Crippen LogP contribution in [0.5, 0.6) is 0 Å². The van der Waals surface area contributed by atoms with Gasteiger partial charge >= 0.3 is 0 Å². The normalized spacial score (nSPS) is 25.1. The summed E-state index contributed by atoms with van der Waals surface area (Å²) in [6.45, 7) is 6.06. The van der Waals surface area contributed by atoms with Crippen LogP contribution in [0.1, 0.15) is 59.3 Å². The van der Waals surface area contributed by atoms with Crippen molar-refractivity contribution in [2.24, 2.45) is 11.3 Å². The Bertz CT molecular complexity index is 302. The maximum Gasteiger partial charge on any atom is 0.240 e. The molecule has 1 N–H and O–H groups in total. The molecule has 1 fully saturated rings. The molecule has 3 heteroatoms. The highest BCUT2D eigenvalue weighted by Gasteiger charge is 2.36. The smallest absolute Gasteiger partial charge is 0.240 e. The largest absolute Gasteiger partial charge is 0.352 e. The highest BCUT2D eigenvalue weighted by atomic mass is 16.2. The summed E-state index contributed by atoms with van der Waals surface area (Å²) in [4.78, 5) is 12.2. The Morgan fingerprint density at radius 2 is 2.06 bits per heavy atom. The van der Waals surface area contributed by atoms with Gasteiger partial charge in [0.05, 0.1) is 6.07 Å². The second-order valence-corrected chi connectivity index (χ2v) is 5.34. The first-order valence-corrected chi connectivity index (χ1v) is 6.80. The van der Waals surface area contributed by atoms with Gasteiger partial charge in [-0.2, -0.15) is 5.26 Å². The lowest BCUT2D eigenvalue weighted by Crippen LogP contribution is -2.46. The number of amides is 1. The highest BCUT2D eigenvalue weighted by molar-refractivity contribution is 5.85. The SMILES string of the molecule is CCC(C#N)(CC)C(=O)NC1CCCC(C)C1. The molecular weight excluding hydrogens is 212 g/mol. The zero-order valence-electron chi connectivity index (χ0n) is 11.3. The molecule has 0 bridgehead atoms. The number of carbonyl (C=O) groups excluding carboxylic acids is 1. The standard InChI is InChI=1S/C14H24N2O/c1-4-14(5-2,10-15)13(17)16-12-8-6-7-11(3)9-12/h11-12H,4-9H2,1-3H3,(H,16,17). The van der Waals surface area contributed by atoms with Crippen molar-refractivity contribution < 1.29 is 4.79 Å². The van der Waals surface area contributed by atoms with Crippen molar-refractivity contribution in [3.8, 4) is 6.07 Å². The zero-order valence-corrected chi connectivity index (χ0v) is 11.3. The van der Waals surface area contributed by atoms with Crippen LogP contribution in [0.25, 0.3) is 0 Å². The van der Waals surface area contributed by atoms with Crippen LogP contribution in [-0.4, -0.2) is 11.9 Å². The molecule has 2 atom stereocenters. The maximum absolute atomic E-state index is 12.2. The molecule has 0 spiro atoms. The molecule has 1 amide bonds. The molecule has 0 radical (unpaired) electrons. The second-order valence-electron chi connectivity index (χ2n) is 5.34. The van der Waals surface area contributed by atoms with Gasteiger partial charge in [-0.3, -0.25) is 4.79 Å². The topological polar surface area (TPSA) is 52.9 Å². The Hall–Kier alpha value is -1.04. The van der Waals surface area contributed by atoms with Crippen LogP contribution in [0.4, 0.5) is 0 Å². The van der Waals surface area contributed by atoms with Crippen LogP contribution in [0.15, 0.2) is 0 Å². The predicted molar refractivity (Wildman–Crippen MR) is 68.2 cm³/mol. The first-order valence-electron chi connectivity index (χ1n) is 6.80. The van der Waals surface area contributed by atoms with Gasteiger partial charge in [0.1, 0.15) is 5.41 Å². The molecule has 1 aliphatic rings. The Labute approximate surface area is 105 Å². The number of nitrogens with one attached hydrogen (secondary N) is 1.